The first-order chi connectivity index (χ1) is 17.6. The number of halogens is 1. The Morgan fingerprint density at radius 3 is 2.83 bits per heavy atom. The van der Waals surface area contributed by atoms with Gasteiger partial charge in [0, 0.05) is 36.8 Å². The third-order valence-corrected chi connectivity index (χ3v) is 6.43. The highest BCUT2D eigenvalue weighted by Crippen LogP contribution is 2.39. The van der Waals surface area contributed by atoms with Gasteiger partial charge in [-0.25, -0.2) is 19.9 Å². The van der Waals surface area contributed by atoms with E-state index in [2.05, 4.69) is 53.3 Å². The molecule has 1 atom stereocenters. The fourth-order valence-electron chi connectivity index (χ4n) is 4.23. The lowest BCUT2D eigenvalue weighted by molar-refractivity contribution is -0.126. The molecule has 0 saturated heterocycles. The highest BCUT2D eigenvalue weighted by atomic mass is 35.5. The third-order valence-electron chi connectivity index (χ3n) is 6.19. The van der Waals surface area contributed by atoms with Gasteiger partial charge in [0.25, 0.3) is 5.91 Å². The maximum absolute atomic E-state index is 13.0. The molecule has 11 heteroatoms. The fraction of sp³-hybridized carbons (Fsp3) is 0.240. The number of methoxy groups -OCH3 is 1. The van der Waals surface area contributed by atoms with Gasteiger partial charge in [0.15, 0.2) is 6.10 Å². The number of nitrogens with zero attached hydrogens (tertiary/aromatic N) is 6. The van der Waals surface area contributed by atoms with Crippen LogP contribution in [0.3, 0.4) is 0 Å². The predicted molar refractivity (Wildman–Crippen MR) is 135 cm³/mol. The zero-order valence-corrected chi connectivity index (χ0v) is 20.2. The molecule has 1 amide bonds. The van der Waals surface area contributed by atoms with Crippen LogP contribution < -0.4 is 10.6 Å². The molecule has 10 nitrogen and oxygen atoms in total. The van der Waals surface area contributed by atoms with Gasteiger partial charge in [0.1, 0.15) is 29.3 Å². The van der Waals surface area contributed by atoms with Gasteiger partial charge in [-0.2, -0.15) is 0 Å². The number of rotatable bonds is 8. The Morgan fingerprint density at radius 1 is 1.14 bits per heavy atom. The molecular weight excluding hydrogens is 480 g/mol. The van der Waals surface area contributed by atoms with Gasteiger partial charge in [-0.1, -0.05) is 17.7 Å². The molecule has 2 N–H and O–H groups in total. The minimum Gasteiger partial charge on any atom is -0.365 e. The highest BCUT2D eigenvalue weighted by molar-refractivity contribution is 6.30. The van der Waals surface area contributed by atoms with Crippen LogP contribution in [0.1, 0.15) is 41.8 Å². The maximum Gasteiger partial charge on any atom is 0.260 e. The van der Waals surface area contributed by atoms with Crippen molar-refractivity contribution in [1.82, 2.24) is 28.7 Å². The van der Waals surface area contributed by atoms with Crippen LogP contribution in [0, 0.1) is 0 Å². The molecule has 0 spiro atoms. The first-order valence-electron chi connectivity index (χ1n) is 11.6. The summed E-state index contributed by atoms with van der Waals surface area (Å²) in [6, 6.07) is 9.36. The molecule has 5 heterocycles. The number of carbonyl (C=O) groups is 1. The average molecular weight is 503 g/mol. The van der Waals surface area contributed by atoms with E-state index in [0.29, 0.717) is 40.3 Å². The number of aromatic nitrogens is 6. The molecule has 1 unspecified atom stereocenters. The van der Waals surface area contributed by atoms with E-state index in [4.69, 9.17) is 16.3 Å². The van der Waals surface area contributed by atoms with Crippen molar-refractivity contribution < 1.29 is 9.53 Å². The van der Waals surface area contributed by atoms with E-state index < -0.39 is 12.0 Å². The molecule has 1 saturated carbocycles. The molecule has 0 bridgehead atoms. The van der Waals surface area contributed by atoms with Crippen molar-refractivity contribution in [2.45, 2.75) is 31.4 Å². The van der Waals surface area contributed by atoms with E-state index in [0.717, 1.165) is 11.3 Å². The summed E-state index contributed by atoms with van der Waals surface area (Å²) in [5.41, 5.74) is 4.30. The lowest BCUT2D eigenvalue weighted by Crippen LogP contribution is -2.23. The molecule has 36 heavy (non-hydrogen) atoms. The summed E-state index contributed by atoms with van der Waals surface area (Å²) in [6.07, 6.45) is 10.5. The molecule has 1 fully saturated rings. The summed E-state index contributed by atoms with van der Waals surface area (Å²) in [4.78, 5) is 30.5. The molecule has 0 aromatic carbocycles. The number of ether oxygens (including phenoxy) is 1. The molecule has 0 aliphatic heterocycles. The Bertz CT molecular complexity index is 1580. The average Bonchev–Trinajstić information content (AvgIpc) is 3.53. The predicted octanol–water partition coefficient (Wildman–Crippen LogP) is 4.24. The van der Waals surface area contributed by atoms with Crippen molar-refractivity contribution in [2.24, 2.45) is 0 Å². The van der Waals surface area contributed by atoms with Crippen LogP contribution in [-0.4, -0.2) is 41.8 Å². The van der Waals surface area contributed by atoms with Crippen molar-refractivity contribution in [3.8, 4) is 0 Å². The highest BCUT2D eigenvalue weighted by Gasteiger charge is 2.26. The molecule has 0 radical (unpaired) electrons. The third kappa shape index (κ3) is 4.48. The number of amides is 1. The van der Waals surface area contributed by atoms with Crippen molar-refractivity contribution in [3.63, 3.8) is 0 Å². The van der Waals surface area contributed by atoms with Gasteiger partial charge >= 0.3 is 0 Å². The number of pyridine rings is 2. The Kier molecular flexibility index (Phi) is 5.74. The van der Waals surface area contributed by atoms with E-state index in [1.54, 1.807) is 35.1 Å². The standard InChI is InChI=1S/C25H23ClN8O2/c1-36-24(23-19-8-17(26)6-7-33(19)14-30-23)25(35)32-21-9-20(28-13-29-21)27-10-18-12-34-11-16(15-2-3-15)4-5-22(34)31-18/h4-9,11-15,24H,2-3,10H2,1H3,(H2,27,28,29,32,35). The van der Waals surface area contributed by atoms with Gasteiger partial charge in [0.05, 0.1) is 24.1 Å². The Hall–Kier alpha value is -4.02. The first kappa shape index (κ1) is 22.4. The van der Waals surface area contributed by atoms with Crippen LogP contribution in [0.15, 0.2) is 61.6 Å². The summed E-state index contributed by atoms with van der Waals surface area (Å²) >= 11 is 6.13. The van der Waals surface area contributed by atoms with E-state index in [1.807, 2.05) is 6.20 Å². The molecular formula is C25H23ClN8O2. The smallest absolute Gasteiger partial charge is 0.260 e. The second-order valence-electron chi connectivity index (χ2n) is 8.75. The number of carbonyl (C=O) groups excluding carboxylic acids is 1. The number of hydrogen-bond donors (Lipinski definition) is 2. The van der Waals surface area contributed by atoms with Crippen molar-refractivity contribution in [1.29, 1.82) is 0 Å². The fourth-order valence-corrected chi connectivity index (χ4v) is 4.39. The maximum atomic E-state index is 13.0. The molecule has 5 aromatic heterocycles. The number of anilines is 2. The van der Waals surface area contributed by atoms with Gasteiger partial charge in [-0.05, 0) is 42.5 Å². The lowest BCUT2D eigenvalue weighted by atomic mass is 10.2. The Balaban J connectivity index is 1.14. The minimum absolute atomic E-state index is 0.338. The topological polar surface area (TPSA) is 111 Å². The monoisotopic (exact) mass is 502 g/mol. The summed E-state index contributed by atoms with van der Waals surface area (Å²) in [5.74, 6) is 1.18. The van der Waals surface area contributed by atoms with Crippen LogP contribution in [0.4, 0.5) is 11.6 Å². The summed E-state index contributed by atoms with van der Waals surface area (Å²) in [6.45, 7) is 0.479. The first-order valence-corrected chi connectivity index (χ1v) is 11.9. The van der Waals surface area contributed by atoms with E-state index >= 15 is 0 Å². The zero-order chi connectivity index (χ0) is 24.6. The van der Waals surface area contributed by atoms with E-state index in [1.165, 1.54) is 31.8 Å². The second kappa shape index (κ2) is 9.21. The molecule has 1 aliphatic carbocycles. The second-order valence-corrected chi connectivity index (χ2v) is 9.19. The number of imidazole rings is 2. The Morgan fingerprint density at radius 2 is 2.00 bits per heavy atom. The minimum atomic E-state index is -0.946. The van der Waals surface area contributed by atoms with Crippen molar-refractivity contribution >= 4 is 40.3 Å². The van der Waals surface area contributed by atoms with Crippen LogP contribution in [0.2, 0.25) is 5.02 Å². The SMILES string of the molecule is COC(C(=O)Nc1cc(NCc2cn3cc(C4CC4)ccc3n2)ncn1)c1ncn2ccc(Cl)cc12. The molecule has 5 aromatic rings. The van der Waals surface area contributed by atoms with Crippen molar-refractivity contribution in [3.05, 3.63) is 83.6 Å². The van der Waals surface area contributed by atoms with Crippen LogP contribution in [0.25, 0.3) is 11.2 Å². The zero-order valence-electron chi connectivity index (χ0n) is 19.4. The summed E-state index contributed by atoms with van der Waals surface area (Å²) < 4.78 is 9.31. The van der Waals surface area contributed by atoms with Crippen LogP contribution >= 0.6 is 11.6 Å². The largest absolute Gasteiger partial charge is 0.365 e. The van der Waals surface area contributed by atoms with Crippen LogP contribution in [0.5, 0.6) is 0 Å². The van der Waals surface area contributed by atoms with E-state index in [9.17, 15) is 4.79 Å². The van der Waals surface area contributed by atoms with Gasteiger partial charge in [-0.3, -0.25) is 4.79 Å². The lowest BCUT2D eigenvalue weighted by Gasteiger charge is -2.14. The Labute approximate surface area is 211 Å². The number of hydrogen-bond acceptors (Lipinski definition) is 7. The van der Waals surface area contributed by atoms with Crippen LogP contribution in [-0.2, 0) is 16.1 Å². The van der Waals surface area contributed by atoms with Crippen molar-refractivity contribution in [2.75, 3.05) is 17.7 Å². The van der Waals surface area contributed by atoms with Gasteiger partial charge in [0.2, 0.25) is 0 Å². The van der Waals surface area contributed by atoms with Gasteiger partial charge in [-0.15, -0.1) is 0 Å². The van der Waals surface area contributed by atoms with E-state index in [-0.39, 0.29) is 0 Å². The number of fused-ring (bicyclic) bond motifs is 2. The summed E-state index contributed by atoms with van der Waals surface area (Å²) in [7, 11) is 1.45. The normalized spacial score (nSPS) is 14.3. The van der Waals surface area contributed by atoms with Gasteiger partial charge < -0.3 is 24.2 Å². The summed E-state index contributed by atoms with van der Waals surface area (Å²) in [5, 5.41) is 6.57. The number of nitrogens with one attached hydrogen (secondary N) is 2. The molecule has 182 valence electrons. The molecule has 6 rings (SSSR count). The quantitative estimate of drug-likeness (QED) is 0.326. The molecule has 1 aliphatic rings.